The van der Waals surface area contributed by atoms with E-state index in [1.54, 1.807) is 6.92 Å². The van der Waals surface area contributed by atoms with Crippen molar-refractivity contribution in [2.45, 2.75) is 13.1 Å². The number of aliphatic carboxylic acids is 1. The van der Waals surface area contributed by atoms with Gasteiger partial charge in [0.05, 0.1) is 23.7 Å². The maximum atomic E-state index is 12.8. The highest BCUT2D eigenvalue weighted by Crippen LogP contribution is 2.38. The molecule has 0 radical (unpaired) electrons. The SMILES string of the molecule is Cc1cnc(C(=O)N2C[C@@H](C(F)(F)F)[C@H](C(=O)O)C2)cn1. The van der Waals surface area contributed by atoms with Crippen molar-refractivity contribution in [3.63, 3.8) is 0 Å². The quantitative estimate of drug-likeness (QED) is 0.885. The fraction of sp³-hybridized carbons (Fsp3) is 0.500. The summed E-state index contributed by atoms with van der Waals surface area (Å²) in [6.45, 7) is 0.472. The number of carbonyl (C=O) groups is 2. The first-order chi connectivity index (χ1) is 9.70. The number of aryl methyl sites for hydroxylation is 1. The van der Waals surface area contributed by atoms with Crippen LogP contribution in [0.2, 0.25) is 0 Å². The van der Waals surface area contributed by atoms with Gasteiger partial charge in [-0.3, -0.25) is 14.6 Å². The Morgan fingerprint density at radius 3 is 2.38 bits per heavy atom. The van der Waals surface area contributed by atoms with Gasteiger partial charge in [-0.2, -0.15) is 13.2 Å². The van der Waals surface area contributed by atoms with Crippen LogP contribution in [0.25, 0.3) is 0 Å². The van der Waals surface area contributed by atoms with Crippen LogP contribution in [0.3, 0.4) is 0 Å². The molecule has 0 unspecified atom stereocenters. The lowest BCUT2D eigenvalue weighted by atomic mass is 9.96. The third-order valence-corrected chi connectivity index (χ3v) is 3.34. The summed E-state index contributed by atoms with van der Waals surface area (Å²) >= 11 is 0. The second-order valence-corrected chi connectivity index (χ2v) is 4.85. The number of rotatable bonds is 2. The number of nitrogens with zero attached hydrogens (tertiary/aromatic N) is 3. The molecule has 21 heavy (non-hydrogen) atoms. The van der Waals surface area contributed by atoms with Gasteiger partial charge in [0.25, 0.3) is 5.91 Å². The van der Waals surface area contributed by atoms with Crippen LogP contribution < -0.4 is 0 Å². The van der Waals surface area contributed by atoms with Crippen molar-refractivity contribution in [3.05, 3.63) is 23.8 Å². The van der Waals surface area contributed by atoms with Gasteiger partial charge in [-0.1, -0.05) is 0 Å². The topological polar surface area (TPSA) is 83.4 Å². The molecule has 1 fully saturated rings. The highest BCUT2D eigenvalue weighted by Gasteiger charge is 2.53. The first kappa shape index (κ1) is 15.2. The van der Waals surface area contributed by atoms with Gasteiger partial charge in [0.1, 0.15) is 5.69 Å². The van der Waals surface area contributed by atoms with E-state index in [0.717, 1.165) is 11.1 Å². The second kappa shape index (κ2) is 5.30. The van der Waals surface area contributed by atoms with E-state index in [4.69, 9.17) is 5.11 Å². The summed E-state index contributed by atoms with van der Waals surface area (Å²) in [6.07, 6.45) is -2.19. The lowest BCUT2D eigenvalue weighted by Crippen LogP contribution is -2.34. The number of carbonyl (C=O) groups excluding carboxylic acids is 1. The molecule has 2 heterocycles. The number of hydrogen-bond donors (Lipinski definition) is 1. The Morgan fingerprint density at radius 1 is 1.29 bits per heavy atom. The molecular formula is C12H12F3N3O3. The van der Waals surface area contributed by atoms with Crippen LogP contribution in [-0.2, 0) is 4.79 Å². The average Bonchev–Trinajstić information content (AvgIpc) is 2.84. The molecule has 0 aliphatic carbocycles. The van der Waals surface area contributed by atoms with E-state index in [2.05, 4.69) is 9.97 Å². The van der Waals surface area contributed by atoms with Gasteiger partial charge in [0.15, 0.2) is 0 Å². The Kier molecular flexibility index (Phi) is 3.84. The lowest BCUT2D eigenvalue weighted by molar-refractivity contribution is -0.187. The van der Waals surface area contributed by atoms with Crippen molar-refractivity contribution >= 4 is 11.9 Å². The van der Waals surface area contributed by atoms with Crippen molar-refractivity contribution < 1.29 is 27.9 Å². The predicted molar refractivity (Wildman–Crippen MR) is 63.3 cm³/mol. The number of likely N-dealkylation sites (tertiary alicyclic amines) is 1. The fourth-order valence-electron chi connectivity index (χ4n) is 2.22. The lowest BCUT2D eigenvalue weighted by Gasteiger charge is -2.18. The second-order valence-electron chi connectivity index (χ2n) is 4.85. The molecule has 9 heteroatoms. The van der Waals surface area contributed by atoms with Gasteiger partial charge in [0, 0.05) is 19.3 Å². The summed E-state index contributed by atoms with van der Waals surface area (Å²) in [5.41, 5.74) is 0.456. The van der Waals surface area contributed by atoms with Crippen LogP contribution >= 0.6 is 0 Å². The molecule has 2 atom stereocenters. The zero-order chi connectivity index (χ0) is 15.8. The van der Waals surface area contributed by atoms with E-state index < -0.39 is 43.0 Å². The van der Waals surface area contributed by atoms with Crippen LogP contribution in [0, 0.1) is 18.8 Å². The molecule has 1 N–H and O–H groups in total. The zero-order valence-corrected chi connectivity index (χ0v) is 11.0. The van der Waals surface area contributed by atoms with Crippen LogP contribution in [0.1, 0.15) is 16.2 Å². The van der Waals surface area contributed by atoms with Gasteiger partial charge in [0.2, 0.25) is 0 Å². The Hall–Kier alpha value is -2.19. The average molecular weight is 303 g/mol. The van der Waals surface area contributed by atoms with E-state index in [9.17, 15) is 22.8 Å². The van der Waals surface area contributed by atoms with Crippen LogP contribution in [0.5, 0.6) is 0 Å². The van der Waals surface area contributed by atoms with Crippen LogP contribution in [-0.4, -0.2) is 51.1 Å². The molecule has 0 spiro atoms. The molecule has 2 rings (SSSR count). The molecule has 114 valence electrons. The van der Waals surface area contributed by atoms with Crippen molar-refractivity contribution in [3.8, 4) is 0 Å². The number of aromatic nitrogens is 2. The molecule has 1 aromatic rings. The monoisotopic (exact) mass is 303 g/mol. The predicted octanol–water partition coefficient (Wildman–Crippen LogP) is 1.12. The third-order valence-electron chi connectivity index (χ3n) is 3.34. The molecule has 1 aromatic heterocycles. The van der Waals surface area contributed by atoms with Crippen molar-refractivity contribution in [2.24, 2.45) is 11.8 Å². The number of amides is 1. The number of halogens is 3. The van der Waals surface area contributed by atoms with Crippen molar-refractivity contribution in [2.75, 3.05) is 13.1 Å². The molecule has 1 aliphatic rings. The first-order valence-corrected chi connectivity index (χ1v) is 6.07. The molecule has 1 aliphatic heterocycles. The maximum Gasteiger partial charge on any atom is 0.394 e. The van der Waals surface area contributed by atoms with Crippen molar-refractivity contribution in [1.82, 2.24) is 14.9 Å². The summed E-state index contributed by atoms with van der Waals surface area (Å²) in [5, 5.41) is 8.89. The minimum atomic E-state index is -4.67. The minimum Gasteiger partial charge on any atom is -0.481 e. The van der Waals surface area contributed by atoms with Gasteiger partial charge >= 0.3 is 12.1 Å². The van der Waals surface area contributed by atoms with E-state index in [1.807, 2.05) is 0 Å². The summed E-state index contributed by atoms with van der Waals surface area (Å²) < 4.78 is 38.5. The van der Waals surface area contributed by atoms with Gasteiger partial charge in [-0.15, -0.1) is 0 Å². The first-order valence-electron chi connectivity index (χ1n) is 6.07. The zero-order valence-electron chi connectivity index (χ0n) is 11.0. The largest absolute Gasteiger partial charge is 0.481 e. The number of carboxylic acids is 1. The molecule has 0 aromatic carbocycles. The highest BCUT2D eigenvalue weighted by molar-refractivity contribution is 5.92. The third kappa shape index (κ3) is 3.11. The Bertz CT molecular complexity index is 559. The van der Waals surface area contributed by atoms with Crippen LogP contribution in [0.4, 0.5) is 13.2 Å². The standard InChI is InChI=1S/C12H12F3N3O3/c1-6-2-17-9(3-16-6)10(19)18-4-7(11(20)21)8(5-18)12(13,14)15/h2-3,7-8H,4-5H2,1H3,(H,20,21)/t7-,8-/m1/s1. The van der Waals surface area contributed by atoms with Gasteiger partial charge in [-0.25, -0.2) is 4.98 Å². The Balaban J connectivity index is 2.20. The number of alkyl halides is 3. The van der Waals surface area contributed by atoms with E-state index in [-0.39, 0.29) is 5.69 Å². The highest BCUT2D eigenvalue weighted by atomic mass is 19.4. The Labute approximate surface area is 117 Å². The Morgan fingerprint density at radius 2 is 1.95 bits per heavy atom. The normalized spacial score (nSPS) is 22.4. The van der Waals surface area contributed by atoms with E-state index in [0.29, 0.717) is 5.69 Å². The molecule has 6 nitrogen and oxygen atoms in total. The molecule has 1 amide bonds. The number of carboxylic acid groups (broad SMARTS) is 1. The van der Waals surface area contributed by atoms with E-state index >= 15 is 0 Å². The summed E-state index contributed by atoms with van der Waals surface area (Å²) in [7, 11) is 0. The summed E-state index contributed by atoms with van der Waals surface area (Å²) in [4.78, 5) is 31.5. The smallest absolute Gasteiger partial charge is 0.394 e. The molecule has 0 saturated carbocycles. The fourth-order valence-corrected chi connectivity index (χ4v) is 2.22. The van der Waals surface area contributed by atoms with Gasteiger partial charge < -0.3 is 10.0 Å². The van der Waals surface area contributed by atoms with Crippen LogP contribution in [0.15, 0.2) is 12.4 Å². The van der Waals surface area contributed by atoms with Crippen molar-refractivity contribution in [1.29, 1.82) is 0 Å². The summed E-state index contributed by atoms with van der Waals surface area (Å²) in [5.74, 6) is -6.05. The minimum absolute atomic E-state index is 0.104. The van der Waals surface area contributed by atoms with E-state index in [1.165, 1.54) is 6.20 Å². The summed E-state index contributed by atoms with van der Waals surface area (Å²) in [6, 6.07) is 0. The molecular weight excluding hydrogens is 291 g/mol. The number of hydrogen-bond acceptors (Lipinski definition) is 4. The molecule has 0 bridgehead atoms. The maximum absolute atomic E-state index is 12.8. The molecule has 1 saturated heterocycles. The van der Waals surface area contributed by atoms with Gasteiger partial charge in [-0.05, 0) is 6.92 Å².